The predicted molar refractivity (Wildman–Crippen MR) is 114 cm³/mol. The number of amides is 1. The molecule has 2 aromatic heterocycles. The van der Waals surface area contributed by atoms with Gasteiger partial charge < -0.3 is 15.6 Å². The molecule has 0 aliphatic carbocycles. The van der Waals surface area contributed by atoms with E-state index >= 15 is 0 Å². The fourth-order valence-corrected chi connectivity index (χ4v) is 3.28. The van der Waals surface area contributed by atoms with Crippen LogP contribution in [0.2, 0.25) is 0 Å². The first-order valence-electron chi connectivity index (χ1n) is 8.67. The molecule has 1 amide bonds. The van der Waals surface area contributed by atoms with Gasteiger partial charge in [-0.15, -0.1) is 17.0 Å². The van der Waals surface area contributed by atoms with E-state index in [1.165, 1.54) is 5.56 Å². The molecule has 0 aliphatic rings. The summed E-state index contributed by atoms with van der Waals surface area (Å²) in [5.74, 6) is -0.197. The van der Waals surface area contributed by atoms with Crippen molar-refractivity contribution >= 4 is 44.7 Å². The van der Waals surface area contributed by atoms with E-state index in [1.807, 2.05) is 36.4 Å². The minimum Gasteiger partial charge on any atom is -0.349 e. The molecule has 0 saturated heterocycles. The lowest BCUT2D eigenvalue weighted by Gasteiger charge is -2.08. The maximum Gasteiger partial charge on any atom is 0.269 e. The summed E-state index contributed by atoms with van der Waals surface area (Å²) >= 11 is 0. The van der Waals surface area contributed by atoms with Gasteiger partial charge in [0.05, 0.1) is 11.7 Å². The standard InChI is InChI=1S/C21H20N4O.BrH/c22-10-11-23-21(26)18-12-17-16-8-4-5-9-19(16)25(20(17)13-24-18)14-15-6-2-1-3-7-15;/h1-9,12-13H,10-11,14,22H2,(H,23,26);1H. The average molecular weight is 425 g/mol. The molecule has 0 radical (unpaired) electrons. The minimum absolute atomic E-state index is 0. The summed E-state index contributed by atoms with van der Waals surface area (Å²) in [6.45, 7) is 1.60. The van der Waals surface area contributed by atoms with Gasteiger partial charge in [0.1, 0.15) is 5.69 Å². The number of benzene rings is 2. The van der Waals surface area contributed by atoms with E-state index in [-0.39, 0.29) is 22.9 Å². The van der Waals surface area contributed by atoms with Crippen molar-refractivity contribution in [3.8, 4) is 0 Å². The van der Waals surface area contributed by atoms with E-state index in [2.05, 4.69) is 39.1 Å². The van der Waals surface area contributed by atoms with Crippen LogP contribution in [0.3, 0.4) is 0 Å². The Morgan fingerprint density at radius 3 is 2.52 bits per heavy atom. The molecule has 2 aromatic carbocycles. The maximum atomic E-state index is 12.2. The Morgan fingerprint density at radius 1 is 1.00 bits per heavy atom. The Kier molecular flexibility index (Phi) is 5.88. The second-order valence-corrected chi connectivity index (χ2v) is 6.22. The fraction of sp³-hybridized carbons (Fsp3) is 0.143. The monoisotopic (exact) mass is 424 g/mol. The van der Waals surface area contributed by atoms with E-state index < -0.39 is 0 Å². The Labute approximate surface area is 168 Å². The van der Waals surface area contributed by atoms with E-state index in [0.29, 0.717) is 18.8 Å². The summed E-state index contributed by atoms with van der Waals surface area (Å²) in [4.78, 5) is 16.6. The van der Waals surface area contributed by atoms with Crippen molar-refractivity contribution in [2.75, 3.05) is 13.1 Å². The predicted octanol–water partition coefficient (Wildman–Crippen LogP) is 3.50. The zero-order valence-corrected chi connectivity index (χ0v) is 16.5. The van der Waals surface area contributed by atoms with E-state index in [0.717, 1.165) is 28.4 Å². The summed E-state index contributed by atoms with van der Waals surface area (Å²) in [5.41, 5.74) is 9.24. The summed E-state index contributed by atoms with van der Waals surface area (Å²) in [6.07, 6.45) is 1.79. The lowest BCUT2D eigenvalue weighted by Crippen LogP contribution is -2.29. The van der Waals surface area contributed by atoms with Gasteiger partial charge in [-0.25, -0.2) is 4.98 Å². The molecular formula is C21H21BrN4O. The van der Waals surface area contributed by atoms with Gasteiger partial charge in [0.15, 0.2) is 0 Å². The van der Waals surface area contributed by atoms with Crippen molar-refractivity contribution < 1.29 is 4.79 Å². The third-order valence-electron chi connectivity index (χ3n) is 4.50. The number of halogens is 1. The molecule has 0 bridgehead atoms. The third kappa shape index (κ3) is 3.72. The van der Waals surface area contributed by atoms with Crippen molar-refractivity contribution in [1.29, 1.82) is 0 Å². The molecule has 5 nitrogen and oxygen atoms in total. The van der Waals surface area contributed by atoms with Crippen LogP contribution in [0, 0.1) is 0 Å². The molecule has 2 heterocycles. The summed E-state index contributed by atoms with van der Waals surface area (Å²) in [5, 5.41) is 4.93. The second kappa shape index (κ2) is 8.33. The summed E-state index contributed by atoms with van der Waals surface area (Å²) < 4.78 is 2.24. The van der Waals surface area contributed by atoms with E-state index in [9.17, 15) is 4.79 Å². The number of pyridine rings is 1. The van der Waals surface area contributed by atoms with Crippen LogP contribution in [0.5, 0.6) is 0 Å². The van der Waals surface area contributed by atoms with Crippen LogP contribution in [0.1, 0.15) is 16.1 Å². The van der Waals surface area contributed by atoms with Gasteiger partial charge in [-0.3, -0.25) is 4.79 Å². The fourth-order valence-electron chi connectivity index (χ4n) is 3.28. The van der Waals surface area contributed by atoms with Crippen molar-refractivity contribution in [2.45, 2.75) is 6.54 Å². The van der Waals surface area contributed by atoms with Gasteiger partial charge in [-0.05, 0) is 17.7 Å². The molecule has 0 spiro atoms. The van der Waals surface area contributed by atoms with Crippen LogP contribution in [-0.4, -0.2) is 28.5 Å². The van der Waals surface area contributed by atoms with Crippen molar-refractivity contribution in [2.24, 2.45) is 5.73 Å². The number of aromatic nitrogens is 2. The number of carbonyl (C=O) groups excluding carboxylic acids is 1. The molecule has 27 heavy (non-hydrogen) atoms. The van der Waals surface area contributed by atoms with E-state index in [1.54, 1.807) is 6.20 Å². The number of nitrogens with two attached hydrogens (primary N) is 1. The third-order valence-corrected chi connectivity index (χ3v) is 4.50. The number of para-hydroxylation sites is 1. The smallest absolute Gasteiger partial charge is 0.269 e. The zero-order chi connectivity index (χ0) is 17.9. The minimum atomic E-state index is -0.197. The van der Waals surface area contributed by atoms with Crippen molar-refractivity contribution in [1.82, 2.24) is 14.9 Å². The van der Waals surface area contributed by atoms with Crippen molar-refractivity contribution in [3.63, 3.8) is 0 Å². The topological polar surface area (TPSA) is 72.9 Å². The van der Waals surface area contributed by atoms with Gasteiger partial charge in [0.2, 0.25) is 0 Å². The molecule has 6 heteroatoms. The quantitative estimate of drug-likeness (QED) is 0.514. The lowest BCUT2D eigenvalue weighted by atomic mass is 10.1. The van der Waals surface area contributed by atoms with Gasteiger partial charge in [0, 0.05) is 35.9 Å². The second-order valence-electron chi connectivity index (χ2n) is 6.22. The van der Waals surface area contributed by atoms with Crippen molar-refractivity contribution in [3.05, 3.63) is 78.1 Å². The highest BCUT2D eigenvalue weighted by Gasteiger charge is 2.14. The molecule has 138 valence electrons. The maximum absolute atomic E-state index is 12.2. The van der Waals surface area contributed by atoms with Crippen LogP contribution in [0.15, 0.2) is 66.9 Å². The molecule has 4 aromatic rings. The van der Waals surface area contributed by atoms with Crippen LogP contribution >= 0.6 is 17.0 Å². The normalized spacial score (nSPS) is 10.7. The molecule has 0 unspecified atom stereocenters. The van der Waals surface area contributed by atoms with E-state index in [4.69, 9.17) is 5.73 Å². The molecule has 0 fully saturated rings. The van der Waals surface area contributed by atoms with Gasteiger partial charge in [-0.1, -0.05) is 48.5 Å². The Bertz CT molecular complexity index is 1080. The van der Waals surface area contributed by atoms with Gasteiger partial charge in [-0.2, -0.15) is 0 Å². The molecule has 0 atom stereocenters. The highest BCUT2D eigenvalue weighted by atomic mass is 79.9. The number of hydrogen-bond acceptors (Lipinski definition) is 3. The Balaban J connectivity index is 0.00000210. The van der Waals surface area contributed by atoms with Crippen LogP contribution in [-0.2, 0) is 6.54 Å². The number of fused-ring (bicyclic) bond motifs is 3. The highest BCUT2D eigenvalue weighted by molar-refractivity contribution is 8.93. The number of hydrogen-bond donors (Lipinski definition) is 2. The van der Waals surface area contributed by atoms with Gasteiger partial charge >= 0.3 is 0 Å². The molecular weight excluding hydrogens is 404 g/mol. The van der Waals surface area contributed by atoms with Gasteiger partial charge in [0.25, 0.3) is 5.91 Å². The van der Waals surface area contributed by atoms with Crippen LogP contribution in [0.25, 0.3) is 21.8 Å². The number of nitrogens with zero attached hydrogens (tertiary/aromatic N) is 2. The summed E-state index contributed by atoms with van der Waals surface area (Å²) in [6, 6.07) is 20.4. The molecule has 4 rings (SSSR count). The Hall–Kier alpha value is -2.70. The SMILES string of the molecule is Br.NCCNC(=O)c1cc2c3ccccc3n(Cc3ccccc3)c2cn1. The molecule has 0 saturated carbocycles. The number of rotatable bonds is 5. The van der Waals surface area contributed by atoms with Crippen LogP contribution < -0.4 is 11.1 Å². The average Bonchev–Trinajstić information content (AvgIpc) is 3.00. The number of nitrogens with one attached hydrogen (secondary N) is 1. The Morgan fingerprint density at radius 2 is 1.74 bits per heavy atom. The first-order chi connectivity index (χ1) is 12.8. The first kappa shape index (κ1) is 19.1. The molecule has 3 N–H and O–H groups in total. The molecule has 0 aliphatic heterocycles. The first-order valence-corrected chi connectivity index (χ1v) is 8.67. The lowest BCUT2D eigenvalue weighted by molar-refractivity contribution is 0.0950. The zero-order valence-electron chi connectivity index (χ0n) is 14.8. The van der Waals surface area contributed by atoms with Crippen LogP contribution in [0.4, 0.5) is 0 Å². The highest BCUT2D eigenvalue weighted by Crippen LogP contribution is 2.29. The largest absolute Gasteiger partial charge is 0.349 e. The summed E-state index contributed by atoms with van der Waals surface area (Å²) in [7, 11) is 0. The number of carbonyl (C=O) groups is 1.